The summed E-state index contributed by atoms with van der Waals surface area (Å²) in [6.07, 6.45) is 1.23. The largest absolute Gasteiger partial charge is 0.370 e. The molecule has 0 atom stereocenters. The molecule has 0 bridgehead atoms. The number of Topliss-reactive ketones (excluding diaryl/α,β-unsaturated/α-hetero) is 1. The first-order chi connectivity index (χ1) is 8.27. The summed E-state index contributed by atoms with van der Waals surface area (Å²) in [7, 11) is 0. The summed E-state index contributed by atoms with van der Waals surface area (Å²) in [6, 6.07) is 3.72. The van der Waals surface area contributed by atoms with Gasteiger partial charge in [0.15, 0.2) is 5.78 Å². The molecule has 5 heteroatoms. The molecular weight excluding hydrogens is 238 g/mol. The van der Waals surface area contributed by atoms with Crippen LogP contribution in [0, 0.1) is 0 Å². The zero-order valence-corrected chi connectivity index (χ0v) is 10.4. The second-order valence-corrected chi connectivity index (χ2v) is 4.89. The number of morpholine rings is 1. The van der Waals surface area contributed by atoms with Crippen molar-refractivity contribution in [3.63, 3.8) is 0 Å². The third-order valence-electron chi connectivity index (χ3n) is 2.71. The van der Waals surface area contributed by atoms with Crippen molar-refractivity contribution in [1.29, 1.82) is 0 Å². The van der Waals surface area contributed by atoms with Gasteiger partial charge in [-0.15, -0.1) is 11.3 Å². The summed E-state index contributed by atoms with van der Waals surface area (Å²) in [5, 5.41) is 1.90. The van der Waals surface area contributed by atoms with Gasteiger partial charge in [0.05, 0.1) is 11.5 Å². The van der Waals surface area contributed by atoms with Gasteiger partial charge in [0.2, 0.25) is 5.91 Å². The predicted molar refractivity (Wildman–Crippen MR) is 65.3 cm³/mol. The molecule has 2 heterocycles. The summed E-state index contributed by atoms with van der Waals surface area (Å²) in [5.41, 5.74) is 0. The molecule has 0 radical (unpaired) electrons. The number of ether oxygens (including phenoxy) is 1. The molecule has 1 saturated heterocycles. The first kappa shape index (κ1) is 12.3. The Kier molecular flexibility index (Phi) is 4.28. The Balaban J connectivity index is 1.72. The van der Waals surface area contributed by atoms with Crippen molar-refractivity contribution in [2.75, 3.05) is 26.3 Å². The topological polar surface area (TPSA) is 46.6 Å². The third kappa shape index (κ3) is 3.38. The molecule has 0 aliphatic carbocycles. The lowest BCUT2D eigenvalue weighted by Crippen LogP contribution is -2.42. The second kappa shape index (κ2) is 5.93. The maximum atomic E-state index is 11.7. The van der Waals surface area contributed by atoms with Gasteiger partial charge in [-0.05, 0) is 17.9 Å². The van der Waals surface area contributed by atoms with E-state index in [1.54, 1.807) is 4.90 Å². The number of ketones is 1. The molecular formula is C12H15NO3S. The highest BCUT2D eigenvalue weighted by Crippen LogP contribution is 2.12. The van der Waals surface area contributed by atoms with Crippen LogP contribution in [0.2, 0.25) is 0 Å². The molecule has 4 nitrogen and oxygen atoms in total. The molecule has 17 heavy (non-hydrogen) atoms. The van der Waals surface area contributed by atoms with Gasteiger partial charge in [-0.25, -0.2) is 0 Å². The minimum atomic E-state index is 0.0276. The smallest absolute Gasteiger partial charge is 0.248 e. The molecule has 0 saturated carbocycles. The van der Waals surface area contributed by atoms with Gasteiger partial charge in [0.1, 0.15) is 6.61 Å². The number of hydrogen-bond donors (Lipinski definition) is 0. The van der Waals surface area contributed by atoms with E-state index in [1.165, 1.54) is 11.3 Å². The molecule has 1 aromatic heterocycles. The molecule has 92 valence electrons. The van der Waals surface area contributed by atoms with Crippen molar-refractivity contribution in [3.05, 3.63) is 22.4 Å². The van der Waals surface area contributed by atoms with Crippen molar-refractivity contribution in [2.45, 2.75) is 12.8 Å². The van der Waals surface area contributed by atoms with E-state index in [2.05, 4.69) is 0 Å². The highest BCUT2D eigenvalue weighted by molar-refractivity contribution is 7.12. The van der Waals surface area contributed by atoms with Crippen LogP contribution in [0.15, 0.2) is 17.5 Å². The second-order valence-electron chi connectivity index (χ2n) is 3.94. The van der Waals surface area contributed by atoms with E-state index in [-0.39, 0.29) is 18.3 Å². The van der Waals surface area contributed by atoms with E-state index < -0.39 is 0 Å². The van der Waals surface area contributed by atoms with Crippen LogP contribution >= 0.6 is 11.3 Å². The Morgan fingerprint density at radius 2 is 2.41 bits per heavy atom. The molecule has 1 aromatic rings. The van der Waals surface area contributed by atoms with Crippen molar-refractivity contribution in [3.8, 4) is 0 Å². The molecule has 0 spiro atoms. The molecule has 1 aliphatic rings. The summed E-state index contributed by atoms with van der Waals surface area (Å²) in [6.45, 7) is 2.08. The van der Waals surface area contributed by atoms with Gasteiger partial charge in [-0.1, -0.05) is 6.07 Å². The van der Waals surface area contributed by atoms with Crippen molar-refractivity contribution >= 4 is 23.0 Å². The Morgan fingerprint density at radius 3 is 3.12 bits per heavy atom. The summed E-state index contributed by atoms with van der Waals surface area (Å²) >= 11 is 1.47. The number of amides is 1. The molecule has 0 aromatic carbocycles. The Labute approximate surface area is 104 Å². The van der Waals surface area contributed by atoms with Crippen LogP contribution in [-0.2, 0) is 9.53 Å². The Morgan fingerprint density at radius 1 is 1.53 bits per heavy atom. The summed E-state index contributed by atoms with van der Waals surface area (Å²) in [4.78, 5) is 25.7. The van der Waals surface area contributed by atoms with Crippen LogP contribution in [0.4, 0.5) is 0 Å². The van der Waals surface area contributed by atoms with E-state index in [1.807, 2.05) is 17.5 Å². The fraction of sp³-hybridized carbons (Fsp3) is 0.500. The molecule has 1 aliphatic heterocycles. The molecule has 0 N–H and O–H groups in total. The number of hydrogen-bond acceptors (Lipinski definition) is 4. The van der Waals surface area contributed by atoms with Crippen molar-refractivity contribution in [2.24, 2.45) is 0 Å². The SMILES string of the molecule is O=C(CCCN1CCOCC1=O)c1cccs1. The number of thiophene rings is 1. The minimum Gasteiger partial charge on any atom is -0.370 e. The molecule has 1 amide bonds. The first-order valence-corrected chi connectivity index (χ1v) is 6.57. The zero-order chi connectivity index (χ0) is 12.1. The highest BCUT2D eigenvalue weighted by Gasteiger charge is 2.18. The van der Waals surface area contributed by atoms with Gasteiger partial charge in [0, 0.05) is 19.5 Å². The van der Waals surface area contributed by atoms with Crippen LogP contribution in [-0.4, -0.2) is 42.9 Å². The standard InChI is InChI=1S/C12H15NO3S/c14-10(11-4-2-8-17-11)3-1-5-13-6-7-16-9-12(13)15/h2,4,8H,1,3,5-7,9H2. The lowest BCUT2D eigenvalue weighted by Gasteiger charge is -2.26. The van der Waals surface area contributed by atoms with E-state index >= 15 is 0 Å². The monoisotopic (exact) mass is 253 g/mol. The summed E-state index contributed by atoms with van der Waals surface area (Å²) in [5.74, 6) is 0.195. The maximum Gasteiger partial charge on any atom is 0.248 e. The van der Waals surface area contributed by atoms with E-state index in [0.29, 0.717) is 26.1 Å². The first-order valence-electron chi connectivity index (χ1n) is 5.69. The lowest BCUT2D eigenvalue weighted by molar-refractivity contribution is -0.142. The fourth-order valence-electron chi connectivity index (χ4n) is 1.78. The average molecular weight is 253 g/mol. The minimum absolute atomic E-state index is 0.0276. The van der Waals surface area contributed by atoms with E-state index in [9.17, 15) is 9.59 Å². The molecule has 1 fully saturated rings. The number of carbonyl (C=O) groups excluding carboxylic acids is 2. The lowest BCUT2D eigenvalue weighted by atomic mass is 10.2. The fourth-order valence-corrected chi connectivity index (χ4v) is 2.47. The van der Waals surface area contributed by atoms with Gasteiger partial charge in [-0.2, -0.15) is 0 Å². The van der Waals surface area contributed by atoms with Crippen LogP contribution in [0.1, 0.15) is 22.5 Å². The van der Waals surface area contributed by atoms with Crippen LogP contribution in [0.3, 0.4) is 0 Å². The van der Waals surface area contributed by atoms with Crippen LogP contribution in [0.25, 0.3) is 0 Å². The van der Waals surface area contributed by atoms with Crippen molar-refractivity contribution in [1.82, 2.24) is 4.90 Å². The number of nitrogens with zero attached hydrogens (tertiary/aromatic N) is 1. The van der Waals surface area contributed by atoms with E-state index in [4.69, 9.17) is 4.74 Å². The van der Waals surface area contributed by atoms with Crippen LogP contribution in [0.5, 0.6) is 0 Å². The summed E-state index contributed by atoms with van der Waals surface area (Å²) < 4.78 is 5.04. The molecule has 2 rings (SSSR count). The maximum absolute atomic E-state index is 11.7. The van der Waals surface area contributed by atoms with Crippen LogP contribution < -0.4 is 0 Å². The third-order valence-corrected chi connectivity index (χ3v) is 3.62. The van der Waals surface area contributed by atoms with Gasteiger partial charge in [0.25, 0.3) is 0 Å². The molecule has 0 unspecified atom stereocenters. The number of carbonyl (C=O) groups is 2. The number of rotatable bonds is 5. The zero-order valence-electron chi connectivity index (χ0n) is 9.55. The Bertz CT molecular complexity index is 388. The highest BCUT2D eigenvalue weighted by atomic mass is 32.1. The van der Waals surface area contributed by atoms with E-state index in [0.717, 1.165) is 11.3 Å². The van der Waals surface area contributed by atoms with Gasteiger partial charge in [-0.3, -0.25) is 9.59 Å². The Hall–Kier alpha value is -1.20. The van der Waals surface area contributed by atoms with Gasteiger partial charge < -0.3 is 9.64 Å². The quantitative estimate of drug-likeness (QED) is 0.748. The normalized spacial score (nSPS) is 16.2. The average Bonchev–Trinajstić information content (AvgIpc) is 2.85. The van der Waals surface area contributed by atoms with Crippen molar-refractivity contribution < 1.29 is 14.3 Å². The van der Waals surface area contributed by atoms with Gasteiger partial charge >= 0.3 is 0 Å². The predicted octanol–water partition coefficient (Wildman–Crippen LogP) is 1.57.